The maximum atomic E-state index is 12.8. The van der Waals surface area contributed by atoms with Gasteiger partial charge in [0.15, 0.2) is 11.5 Å². The number of imidazole rings is 1. The van der Waals surface area contributed by atoms with E-state index in [0.717, 1.165) is 5.56 Å². The molecule has 2 amide bonds. The quantitative estimate of drug-likeness (QED) is 0.332. The van der Waals surface area contributed by atoms with Crippen LogP contribution in [0, 0.1) is 0 Å². The molecule has 3 aromatic rings. The SMILES string of the molecule is CNc1ncnc2c1ncn2[C@@H]1CC[C@@H](NC(=O)c2ccc(CNC(=O)OC(C)(C)C)cc2)[C@@H](O)[C@@H]1O. The summed E-state index contributed by atoms with van der Waals surface area (Å²) in [6.45, 7) is 5.62. The summed E-state index contributed by atoms with van der Waals surface area (Å²) in [5, 5.41) is 30.2. The molecule has 2 heterocycles. The van der Waals surface area contributed by atoms with Gasteiger partial charge in [-0.25, -0.2) is 19.7 Å². The highest BCUT2D eigenvalue weighted by atomic mass is 16.6. The molecule has 12 heteroatoms. The number of fused-ring (bicyclic) bond motifs is 1. The van der Waals surface area contributed by atoms with Crippen LogP contribution in [-0.4, -0.2) is 72.6 Å². The van der Waals surface area contributed by atoms with Crippen molar-refractivity contribution < 1.29 is 24.5 Å². The highest BCUT2D eigenvalue weighted by molar-refractivity contribution is 5.94. The van der Waals surface area contributed by atoms with Gasteiger partial charge < -0.3 is 35.5 Å². The van der Waals surface area contributed by atoms with Crippen LogP contribution < -0.4 is 16.0 Å². The fourth-order valence-electron chi connectivity index (χ4n) is 4.41. The molecule has 1 aliphatic rings. The van der Waals surface area contributed by atoms with Gasteiger partial charge in [-0.3, -0.25) is 4.79 Å². The van der Waals surface area contributed by atoms with Gasteiger partial charge in [0, 0.05) is 19.2 Å². The van der Waals surface area contributed by atoms with Crippen LogP contribution in [-0.2, 0) is 11.3 Å². The highest BCUT2D eigenvalue weighted by Gasteiger charge is 2.39. The molecule has 198 valence electrons. The number of hydrogen-bond donors (Lipinski definition) is 5. The standard InChI is InChI=1S/C25H33N7O5/c1-25(2,3)37-24(36)27-11-14-5-7-15(8-6-14)23(35)31-16-9-10-17(20(34)19(16)33)32-13-30-18-21(26-4)28-12-29-22(18)32/h5-8,12-13,16-17,19-20,33-34H,9-11H2,1-4H3,(H,27,36)(H,31,35)(H,26,28,29)/t16-,17-,19-,20-/m1/s1. The van der Waals surface area contributed by atoms with Crippen molar-refractivity contribution in [1.29, 1.82) is 0 Å². The van der Waals surface area contributed by atoms with E-state index in [1.54, 1.807) is 63.0 Å². The Morgan fingerprint density at radius 3 is 2.49 bits per heavy atom. The van der Waals surface area contributed by atoms with Crippen LogP contribution in [0.3, 0.4) is 0 Å². The molecule has 37 heavy (non-hydrogen) atoms. The number of benzene rings is 1. The van der Waals surface area contributed by atoms with Gasteiger partial charge in [0.2, 0.25) is 0 Å². The number of aromatic nitrogens is 4. The number of amides is 2. The molecule has 0 unspecified atom stereocenters. The fourth-order valence-corrected chi connectivity index (χ4v) is 4.41. The molecule has 0 aliphatic heterocycles. The molecule has 0 radical (unpaired) electrons. The minimum atomic E-state index is -1.18. The number of hydrogen-bond acceptors (Lipinski definition) is 9. The minimum absolute atomic E-state index is 0.259. The number of nitrogens with one attached hydrogen (secondary N) is 3. The number of ether oxygens (including phenoxy) is 1. The lowest BCUT2D eigenvalue weighted by atomic mass is 9.85. The predicted molar refractivity (Wildman–Crippen MR) is 136 cm³/mol. The van der Waals surface area contributed by atoms with Crippen molar-refractivity contribution >= 4 is 29.0 Å². The molecular formula is C25H33N7O5. The number of aliphatic hydroxyl groups is 2. The van der Waals surface area contributed by atoms with Crippen LogP contribution in [0.15, 0.2) is 36.9 Å². The second-order valence-corrected chi connectivity index (χ2v) is 10.1. The first kappa shape index (κ1) is 26.3. The highest BCUT2D eigenvalue weighted by Crippen LogP contribution is 2.32. The van der Waals surface area contributed by atoms with Crippen molar-refractivity contribution in [2.24, 2.45) is 0 Å². The Bertz CT molecular complexity index is 1250. The van der Waals surface area contributed by atoms with E-state index in [2.05, 4.69) is 30.9 Å². The molecule has 4 rings (SSSR count). The Labute approximate surface area is 214 Å². The van der Waals surface area contributed by atoms with Crippen molar-refractivity contribution in [3.8, 4) is 0 Å². The Morgan fingerprint density at radius 2 is 1.81 bits per heavy atom. The number of anilines is 1. The van der Waals surface area contributed by atoms with E-state index in [-0.39, 0.29) is 12.5 Å². The summed E-state index contributed by atoms with van der Waals surface area (Å²) in [5.74, 6) is 0.215. The van der Waals surface area contributed by atoms with E-state index < -0.39 is 36.0 Å². The lowest BCUT2D eigenvalue weighted by Crippen LogP contribution is -2.54. The van der Waals surface area contributed by atoms with Gasteiger partial charge in [-0.15, -0.1) is 0 Å². The summed E-state index contributed by atoms with van der Waals surface area (Å²) in [6.07, 6.45) is 1.13. The largest absolute Gasteiger partial charge is 0.444 e. The number of carbonyl (C=O) groups is 2. The molecule has 1 aliphatic carbocycles. The van der Waals surface area contributed by atoms with Crippen molar-refractivity contribution in [1.82, 2.24) is 30.2 Å². The van der Waals surface area contributed by atoms with Gasteiger partial charge in [0.1, 0.15) is 29.7 Å². The second kappa shape index (κ2) is 10.7. The molecule has 12 nitrogen and oxygen atoms in total. The van der Waals surface area contributed by atoms with Gasteiger partial charge in [-0.05, 0) is 51.3 Å². The zero-order valence-electron chi connectivity index (χ0n) is 21.3. The third-order valence-corrected chi connectivity index (χ3v) is 6.25. The molecule has 2 aromatic heterocycles. The van der Waals surface area contributed by atoms with E-state index >= 15 is 0 Å². The summed E-state index contributed by atoms with van der Waals surface area (Å²) >= 11 is 0. The third-order valence-electron chi connectivity index (χ3n) is 6.25. The molecule has 0 saturated heterocycles. The number of nitrogens with zero attached hydrogens (tertiary/aromatic N) is 4. The van der Waals surface area contributed by atoms with Gasteiger partial charge in [0.25, 0.3) is 5.91 Å². The average Bonchev–Trinajstić information content (AvgIpc) is 3.29. The second-order valence-electron chi connectivity index (χ2n) is 10.1. The molecule has 1 fully saturated rings. The molecular weight excluding hydrogens is 478 g/mol. The summed E-state index contributed by atoms with van der Waals surface area (Å²) in [4.78, 5) is 37.4. The van der Waals surface area contributed by atoms with E-state index in [1.165, 1.54) is 6.33 Å². The number of carbonyl (C=O) groups excluding carboxylic acids is 2. The van der Waals surface area contributed by atoms with Crippen LogP contribution in [0.1, 0.15) is 55.6 Å². The Hall–Kier alpha value is -3.77. The summed E-state index contributed by atoms with van der Waals surface area (Å²) in [7, 11) is 1.74. The maximum absolute atomic E-state index is 12.8. The zero-order chi connectivity index (χ0) is 26.7. The zero-order valence-corrected chi connectivity index (χ0v) is 21.3. The fraction of sp³-hybridized carbons (Fsp3) is 0.480. The summed E-state index contributed by atoms with van der Waals surface area (Å²) < 4.78 is 6.96. The van der Waals surface area contributed by atoms with Crippen LogP contribution in [0.4, 0.5) is 10.6 Å². The lowest BCUT2D eigenvalue weighted by molar-refractivity contribution is -0.0552. The maximum Gasteiger partial charge on any atom is 0.407 e. The Kier molecular flexibility index (Phi) is 7.60. The predicted octanol–water partition coefficient (Wildman–Crippen LogP) is 1.75. The van der Waals surface area contributed by atoms with Crippen LogP contribution in [0.25, 0.3) is 11.2 Å². The van der Waals surface area contributed by atoms with E-state index in [9.17, 15) is 19.8 Å². The van der Waals surface area contributed by atoms with Gasteiger partial charge in [0.05, 0.1) is 18.4 Å². The molecule has 0 spiro atoms. The number of alkyl carbamates (subject to hydrolysis) is 1. The molecule has 1 aromatic carbocycles. The van der Waals surface area contributed by atoms with Crippen LogP contribution in [0.2, 0.25) is 0 Å². The van der Waals surface area contributed by atoms with Crippen LogP contribution >= 0.6 is 0 Å². The number of rotatable bonds is 6. The van der Waals surface area contributed by atoms with E-state index in [1.807, 2.05) is 0 Å². The molecule has 5 N–H and O–H groups in total. The number of aliphatic hydroxyl groups excluding tert-OH is 2. The Balaban J connectivity index is 1.35. The van der Waals surface area contributed by atoms with Crippen molar-refractivity contribution in [2.45, 2.75) is 70.1 Å². The van der Waals surface area contributed by atoms with Gasteiger partial charge in [-0.2, -0.15) is 0 Å². The topological polar surface area (TPSA) is 164 Å². The monoisotopic (exact) mass is 511 g/mol. The smallest absolute Gasteiger partial charge is 0.407 e. The van der Waals surface area contributed by atoms with Gasteiger partial charge in [-0.1, -0.05) is 12.1 Å². The van der Waals surface area contributed by atoms with Crippen molar-refractivity contribution in [3.05, 3.63) is 48.0 Å². The van der Waals surface area contributed by atoms with E-state index in [0.29, 0.717) is 35.4 Å². The summed E-state index contributed by atoms with van der Waals surface area (Å²) in [5.41, 5.74) is 1.75. The van der Waals surface area contributed by atoms with E-state index in [4.69, 9.17) is 4.74 Å². The first-order valence-corrected chi connectivity index (χ1v) is 12.2. The molecule has 1 saturated carbocycles. The molecule has 4 atom stereocenters. The van der Waals surface area contributed by atoms with Crippen LogP contribution in [0.5, 0.6) is 0 Å². The first-order chi connectivity index (χ1) is 17.6. The molecule has 0 bridgehead atoms. The lowest BCUT2D eigenvalue weighted by Gasteiger charge is -2.38. The van der Waals surface area contributed by atoms with Crippen molar-refractivity contribution in [3.63, 3.8) is 0 Å². The minimum Gasteiger partial charge on any atom is -0.444 e. The average molecular weight is 512 g/mol. The normalized spacial score (nSPS) is 21.9. The summed E-state index contributed by atoms with van der Waals surface area (Å²) in [6, 6.07) is 5.69. The Morgan fingerprint density at radius 1 is 1.08 bits per heavy atom. The van der Waals surface area contributed by atoms with Crippen molar-refractivity contribution in [2.75, 3.05) is 12.4 Å². The first-order valence-electron chi connectivity index (χ1n) is 12.2. The third kappa shape index (κ3) is 5.97. The van der Waals surface area contributed by atoms with Gasteiger partial charge >= 0.3 is 6.09 Å².